The highest BCUT2D eigenvalue weighted by Crippen LogP contribution is 2.44. The lowest BCUT2D eigenvalue weighted by atomic mass is 9.97. The summed E-state index contributed by atoms with van der Waals surface area (Å²) in [6, 6.07) is 16.2. The molecule has 2 nitrogen and oxygen atoms in total. The van der Waals surface area contributed by atoms with Crippen molar-refractivity contribution in [1.82, 2.24) is 0 Å². The number of aryl methyl sites for hydroxylation is 1. The van der Waals surface area contributed by atoms with Crippen LogP contribution in [0.5, 0.6) is 0 Å². The van der Waals surface area contributed by atoms with Crippen LogP contribution in [0, 0.1) is 6.92 Å². The monoisotopic (exact) mass is 278 g/mol. The fourth-order valence-corrected chi connectivity index (χ4v) is 3.00. The summed E-state index contributed by atoms with van der Waals surface area (Å²) in [7, 11) is 0. The van der Waals surface area contributed by atoms with Crippen molar-refractivity contribution in [3.8, 4) is 0 Å². The fraction of sp³-hybridized carbons (Fsp3) is 0.263. The molecule has 2 heteroatoms. The van der Waals surface area contributed by atoms with E-state index in [4.69, 9.17) is 4.42 Å². The lowest BCUT2D eigenvalue weighted by Gasteiger charge is -2.13. The predicted molar refractivity (Wildman–Crippen MR) is 83.4 cm³/mol. The Balaban J connectivity index is 1.77. The number of rotatable bonds is 3. The minimum Gasteiger partial charge on any atom is -0.458 e. The molecule has 21 heavy (non-hydrogen) atoms. The molecule has 1 aliphatic rings. The third kappa shape index (κ3) is 2.26. The number of aliphatic hydroxyl groups excluding tert-OH is 1. The van der Waals surface area contributed by atoms with E-state index < -0.39 is 6.10 Å². The first kappa shape index (κ1) is 12.7. The second-order valence-corrected chi connectivity index (χ2v) is 6.00. The van der Waals surface area contributed by atoms with Gasteiger partial charge in [-0.3, -0.25) is 0 Å². The van der Waals surface area contributed by atoms with Crippen molar-refractivity contribution in [2.45, 2.75) is 31.8 Å². The summed E-state index contributed by atoms with van der Waals surface area (Å²) in [6.07, 6.45) is 1.76. The highest BCUT2D eigenvalue weighted by molar-refractivity contribution is 5.78. The Morgan fingerprint density at radius 3 is 2.71 bits per heavy atom. The number of furan rings is 1. The van der Waals surface area contributed by atoms with Crippen molar-refractivity contribution < 1.29 is 9.52 Å². The first-order valence-corrected chi connectivity index (χ1v) is 7.49. The summed E-state index contributed by atoms with van der Waals surface area (Å²) in [5, 5.41) is 11.8. The van der Waals surface area contributed by atoms with Gasteiger partial charge < -0.3 is 9.52 Å². The van der Waals surface area contributed by atoms with E-state index in [-0.39, 0.29) is 0 Å². The largest absolute Gasteiger partial charge is 0.458 e. The second kappa shape index (κ2) is 4.74. The molecule has 106 valence electrons. The van der Waals surface area contributed by atoms with Gasteiger partial charge in [0, 0.05) is 5.39 Å². The molecule has 0 spiro atoms. The van der Waals surface area contributed by atoms with Crippen LogP contribution in [-0.4, -0.2) is 5.11 Å². The maximum Gasteiger partial charge on any atom is 0.138 e. The van der Waals surface area contributed by atoms with E-state index in [1.165, 1.54) is 24.0 Å². The minimum absolute atomic E-state index is 0.613. The average molecular weight is 278 g/mol. The summed E-state index contributed by atoms with van der Waals surface area (Å²) >= 11 is 0. The molecule has 1 saturated carbocycles. The molecule has 3 aromatic rings. The minimum atomic E-state index is -0.686. The zero-order valence-corrected chi connectivity index (χ0v) is 12.0. The van der Waals surface area contributed by atoms with Crippen LogP contribution < -0.4 is 0 Å². The van der Waals surface area contributed by atoms with E-state index >= 15 is 0 Å². The average Bonchev–Trinajstić information content (AvgIpc) is 3.26. The van der Waals surface area contributed by atoms with Gasteiger partial charge in [-0.2, -0.15) is 0 Å². The highest BCUT2D eigenvalue weighted by Gasteiger charge is 2.28. The fourth-order valence-electron chi connectivity index (χ4n) is 3.00. The molecule has 2 aromatic carbocycles. The van der Waals surface area contributed by atoms with Crippen molar-refractivity contribution in [1.29, 1.82) is 0 Å². The van der Waals surface area contributed by atoms with Crippen molar-refractivity contribution in [2.24, 2.45) is 0 Å². The number of hydrogen-bond donors (Lipinski definition) is 1. The number of hydrogen-bond acceptors (Lipinski definition) is 2. The van der Waals surface area contributed by atoms with Gasteiger partial charge in [0.2, 0.25) is 0 Å². The van der Waals surface area contributed by atoms with Gasteiger partial charge in [0.25, 0.3) is 0 Å². The molecule has 0 amide bonds. The first-order valence-electron chi connectivity index (χ1n) is 7.49. The van der Waals surface area contributed by atoms with Crippen molar-refractivity contribution >= 4 is 11.0 Å². The molecule has 1 fully saturated rings. The molecule has 1 unspecified atom stereocenters. The van der Waals surface area contributed by atoms with Gasteiger partial charge in [0.05, 0.1) is 0 Å². The van der Waals surface area contributed by atoms with Crippen molar-refractivity contribution in [2.75, 3.05) is 0 Å². The van der Waals surface area contributed by atoms with E-state index in [1.54, 1.807) is 0 Å². The highest BCUT2D eigenvalue weighted by atomic mass is 16.4. The molecule has 1 aliphatic carbocycles. The summed E-state index contributed by atoms with van der Waals surface area (Å²) < 4.78 is 5.84. The normalized spacial score (nSPS) is 16.3. The summed E-state index contributed by atoms with van der Waals surface area (Å²) in [6.45, 7) is 2.06. The van der Waals surface area contributed by atoms with Gasteiger partial charge in [0.15, 0.2) is 0 Å². The third-order valence-corrected chi connectivity index (χ3v) is 4.27. The Morgan fingerprint density at radius 2 is 1.90 bits per heavy atom. The molecule has 4 rings (SSSR count). The topological polar surface area (TPSA) is 33.4 Å². The van der Waals surface area contributed by atoms with E-state index in [9.17, 15) is 5.11 Å². The van der Waals surface area contributed by atoms with Crippen LogP contribution in [0.3, 0.4) is 0 Å². The van der Waals surface area contributed by atoms with Crippen LogP contribution in [0.2, 0.25) is 0 Å². The molecule has 1 N–H and O–H groups in total. The van der Waals surface area contributed by atoms with Gasteiger partial charge in [-0.15, -0.1) is 0 Å². The molecule has 0 aliphatic heterocycles. The summed E-state index contributed by atoms with van der Waals surface area (Å²) in [5.74, 6) is 1.24. The van der Waals surface area contributed by atoms with E-state index in [0.717, 1.165) is 16.5 Å². The summed E-state index contributed by atoms with van der Waals surface area (Å²) in [5.41, 5.74) is 4.28. The zero-order chi connectivity index (χ0) is 14.4. The van der Waals surface area contributed by atoms with Gasteiger partial charge in [-0.05, 0) is 55.0 Å². The number of benzene rings is 2. The van der Waals surface area contributed by atoms with Gasteiger partial charge >= 0.3 is 0 Å². The third-order valence-electron chi connectivity index (χ3n) is 4.27. The Bertz CT molecular complexity index is 796. The van der Waals surface area contributed by atoms with Gasteiger partial charge in [-0.25, -0.2) is 0 Å². The van der Waals surface area contributed by atoms with E-state index in [2.05, 4.69) is 19.1 Å². The van der Waals surface area contributed by atoms with E-state index in [1.807, 2.05) is 36.4 Å². The maximum absolute atomic E-state index is 10.7. The molecule has 0 radical (unpaired) electrons. The molecular formula is C19H18O2. The zero-order valence-electron chi connectivity index (χ0n) is 12.0. The first-order chi connectivity index (χ1) is 10.2. The van der Waals surface area contributed by atoms with Gasteiger partial charge in [-0.1, -0.05) is 35.9 Å². The molecular weight excluding hydrogens is 260 g/mol. The van der Waals surface area contributed by atoms with Crippen molar-refractivity contribution in [3.63, 3.8) is 0 Å². The van der Waals surface area contributed by atoms with Crippen LogP contribution in [0.4, 0.5) is 0 Å². The Morgan fingerprint density at radius 1 is 1.10 bits per heavy atom. The smallest absolute Gasteiger partial charge is 0.138 e. The lowest BCUT2D eigenvalue weighted by Crippen LogP contribution is -2.01. The lowest BCUT2D eigenvalue weighted by molar-refractivity contribution is 0.191. The Labute approximate surface area is 124 Å². The molecule has 0 saturated heterocycles. The quantitative estimate of drug-likeness (QED) is 0.753. The number of aliphatic hydroxyl groups is 1. The molecule has 1 atom stereocenters. The Hall–Kier alpha value is -2.06. The number of fused-ring (bicyclic) bond motifs is 1. The van der Waals surface area contributed by atoms with Crippen LogP contribution >= 0.6 is 0 Å². The van der Waals surface area contributed by atoms with Gasteiger partial charge in [0.1, 0.15) is 17.4 Å². The Kier molecular flexibility index (Phi) is 2.86. The van der Waals surface area contributed by atoms with Crippen LogP contribution in [0.15, 0.2) is 52.9 Å². The van der Waals surface area contributed by atoms with Crippen LogP contribution in [-0.2, 0) is 0 Å². The molecule has 1 aromatic heterocycles. The van der Waals surface area contributed by atoms with Crippen LogP contribution in [0.1, 0.15) is 47.3 Å². The predicted octanol–water partition coefficient (Wildman–Crippen LogP) is 4.70. The molecule has 0 bridgehead atoms. The summed E-state index contributed by atoms with van der Waals surface area (Å²) in [4.78, 5) is 0. The van der Waals surface area contributed by atoms with E-state index in [0.29, 0.717) is 11.7 Å². The standard InChI is InChI=1S/C19H18O2/c1-12-6-9-17-14(10-12)11-18(21-17)19(20)16-5-3-2-4-15(16)13-7-8-13/h2-6,9-11,13,19-20H,7-8H2,1H3. The SMILES string of the molecule is Cc1ccc2oc(C(O)c3ccccc3C3CC3)cc2c1. The van der Waals surface area contributed by atoms with Crippen molar-refractivity contribution in [3.05, 3.63) is 71.0 Å². The second-order valence-electron chi connectivity index (χ2n) is 6.00. The molecule has 1 heterocycles. The van der Waals surface area contributed by atoms with Crippen LogP contribution in [0.25, 0.3) is 11.0 Å². The maximum atomic E-state index is 10.7.